The quantitative estimate of drug-likeness (QED) is 0.331. The van der Waals surface area contributed by atoms with Crippen LogP contribution in [0.1, 0.15) is 86.0 Å². The first kappa shape index (κ1) is 28.5. The Balaban J connectivity index is 1.16. The van der Waals surface area contributed by atoms with E-state index in [1.165, 1.54) is 12.8 Å². The number of hydrogen-bond donors (Lipinski definition) is 5. The molecular weight excluding hydrogens is 512 g/mol. The zero-order chi connectivity index (χ0) is 28.6. The molecule has 2 aliphatic heterocycles. The second kappa shape index (κ2) is 8.87. The average molecular weight is 565 g/mol. The fraction of sp³-hybridized carbons (Fsp3) is 1.00. The minimum absolute atomic E-state index is 0.0130. The van der Waals surface area contributed by atoms with Crippen molar-refractivity contribution in [2.75, 3.05) is 13.2 Å². The second-order valence-electron chi connectivity index (χ2n) is 16.2. The molecule has 7 fully saturated rings. The van der Waals surface area contributed by atoms with Gasteiger partial charge >= 0.3 is 0 Å². The topological polar surface area (TPSA) is 129 Å². The largest absolute Gasteiger partial charge is 0.394 e. The van der Waals surface area contributed by atoms with E-state index in [1.54, 1.807) is 0 Å². The summed E-state index contributed by atoms with van der Waals surface area (Å²) in [5.41, 5.74) is 0.147. The van der Waals surface area contributed by atoms with E-state index in [0.29, 0.717) is 23.7 Å². The highest BCUT2D eigenvalue weighted by molar-refractivity contribution is 5.32. The first-order chi connectivity index (χ1) is 18.8. The molecule has 0 radical (unpaired) electrons. The molecule has 228 valence electrons. The van der Waals surface area contributed by atoms with Crippen LogP contribution < -0.4 is 0 Å². The predicted molar refractivity (Wildman–Crippen MR) is 146 cm³/mol. The molecule has 7 aliphatic rings. The Labute approximate surface area is 238 Å². The summed E-state index contributed by atoms with van der Waals surface area (Å²) < 4.78 is 18.5. The van der Waals surface area contributed by atoms with Crippen molar-refractivity contribution in [2.24, 2.45) is 50.7 Å². The van der Waals surface area contributed by atoms with Crippen molar-refractivity contribution >= 4 is 0 Å². The van der Waals surface area contributed by atoms with Crippen molar-refractivity contribution in [2.45, 2.75) is 135 Å². The maximum absolute atomic E-state index is 12.1. The molecule has 0 aromatic carbocycles. The summed E-state index contributed by atoms with van der Waals surface area (Å²) in [7, 11) is 0. The third-order valence-electron chi connectivity index (χ3n) is 14.8. The Morgan fingerprint density at radius 2 is 1.57 bits per heavy atom. The van der Waals surface area contributed by atoms with E-state index < -0.39 is 30.7 Å². The van der Waals surface area contributed by atoms with Crippen molar-refractivity contribution < 1.29 is 39.7 Å². The lowest BCUT2D eigenvalue weighted by Crippen LogP contribution is -2.61. The van der Waals surface area contributed by atoms with E-state index in [1.807, 2.05) is 0 Å². The standard InChI is InChI=1S/C32H52O8/c1-16-12-17(13-33)39-25-22(16)29(4)10-11-32-15-31(32)9-8-21(40-27-24(36)23(35)18(34)14-38-27)28(2,3)19(31)6-7-20(32)30(29,5)26(25)37/h16-27,33-37H,6-15H2,1-5H3/t16-,17?,18-,19+,20?,21?,22+,23?,24-,25?,26+,27?,29?,30?,31?,32?/m1/s1. The van der Waals surface area contributed by atoms with Gasteiger partial charge in [0.1, 0.15) is 18.3 Å². The van der Waals surface area contributed by atoms with Crippen LogP contribution in [0.4, 0.5) is 0 Å². The molecule has 0 amide bonds. The van der Waals surface area contributed by atoms with E-state index in [9.17, 15) is 25.5 Å². The van der Waals surface area contributed by atoms with Crippen LogP contribution in [-0.4, -0.2) is 87.8 Å². The van der Waals surface area contributed by atoms with Crippen LogP contribution in [-0.2, 0) is 14.2 Å². The Bertz CT molecular complexity index is 1020. The lowest BCUT2D eigenvalue weighted by atomic mass is 9.41. The van der Waals surface area contributed by atoms with E-state index in [0.717, 1.165) is 38.5 Å². The molecule has 5 aliphatic carbocycles. The fourth-order valence-electron chi connectivity index (χ4n) is 12.8. The van der Waals surface area contributed by atoms with Crippen molar-refractivity contribution in [3.63, 3.8) is 0 Å². The molecule has 0 bridgehead atoms. The molecule has 2 spiro atoms. The highest BCUT2D eigenvalue weighted by Crippen LogP contribution is 2.89. The maximum Gasteiger partial charge on any atom is 0.186 e. The minimum Gasteiger partial charge on any atom is -0.394 e. The summed E-state index contributed by atoms with van der Waals surface area (Å²) in [4.78, 5) is 0. The van der Waals surface area contributed by atoms with Gasteiger partial charge in [0.05, 0.1) is 37.6 Å². The van der Waals surface area contributed by atoms with Crippen molar-refractivity contribution in [3.8, 4) is 0 Å². The molecule has 7 rings (SSSR count). The summed E-state index contributed by atoms with van der Waals surface area (Å²) in [5, 5.41) is 52.7. The molecule has 5 saturated carbocycles. The van der Waals surface area contributed by atoms with Gasteiger partial charge in [-0.25, -0.2) is 0 Å². The molecule has 16 atom stereocenters. The lowest BCUT2D eigenvalue weighted by Gasteiger charge is -2.64. The first-order valence-electron chi connectivity index (χ1n) is 16.0. The molecule has 0 aromatic rings. The molecule has 40 heavy (non-hydrogen) atoms. The second-order valence-corrected chi connectivity index (χ2v) is 16.2. The number of rotatable bonds is 3. The van der Waals surface area contributed by atoms with Gasteiger partial charge in [0.15, 0.2) is 6.29 Å². The van der Waals surface area contributed by atoms with Crippen LogP contribution in [0, 0.1) is 50.7 Å². The Hall–Kier alpha value is -0.320. The number of aliphatic hydroxyl groups excluding tert-OH is 5. The smallest absolute Gasteiger partial charge is 0.186 e. The van der Waals surface area contributed by atoms with Crippen molar-refractivity contribution in [1.82, 2.24) is 0 Å². The van der Waals surface area contributed by atoms with Gasteiger partial charge in [-0.05, 0) is 96.7 Å². The Morgan fingerprint density at radius 1 is 0.875 bits per heavy atom. The molecule has 2 saturated heterocycles. The summed E-state index contributed by atoms with van der Waals surface area (Å²) in [6.45, 7) is 11.7. The van der Waals surface area contributed by atoms with E-state index in [2.05, 4.69) is 34.6 Å². The van der Waals surface area contributed by atoms with Gasteiger partial charge in [0.25, 0.3) is 0 Å². The highest BCUT2D eigenvalue weighted by Gasteiger charge is 2.84. The van der Waals surface area contributed by atoms with Gasteiger partial charge in [0, 0.05) is 5.41 Å². The van der Waals surface area contributed by atoms with Crippen molar-refractivity contribution in [1.29, 1.82) is 0 Å². The molecule has 8 nitrogen and oxygen atoms in total. The normalized spacial score (nSPS) is 62.0. The number of aliphatic hydroxyl groups is 5. The van der Waals surface area contributed by atoms with E-state index in [-0.39, 0.29) is 58.6 Å². The molecule has 2 heterocycles. The van der Waals surface area contributed by atoms with Gasteiger partial charge < -0.3 is 39.7 Å². The number of fused-ring (bicyclic) bond motifs is 4. The van der Waals surface area contributed by atoms with Crippen LogP contribution >= 0.6 is 0 Å². The van der Waals surface area contributed by atoms with Gasteiger partial charge in [-0.15, -0.1) is 0 Å². The zero-order valence-electron chi connectivity index (χ0n) is 25.0. The van der Waals surface area contributed by atoms with E-state index in [4.69, 9.17) is 14.2 Å². The van der Waals surface area contributed by atoms with Crippen LogP contribution in [0.5, 0.6) is 0 Å². The first-order valence-corrected chi connectivity index (χ1v) is 16.0. The van der Waals surface area contributed by atoms with Crippen LogP contribution in [0.25, 0.3) is 0 Å². The molecule has 8 heteroatoms. The van der Waals surface area contributed by atoms with Crippen molar-refractivity contribution in [3.05, 3.63) is 0 Å². The summed E-state index contributed by atoms with van der Waals surface area (Å²) >= 11 is 0. The van der Waals surface area contributed by atoms with Crippen LogP contribution in [0.2, 0.25) is 0 Å². The van der Waals surface area contributed by atoms with Crippen LogP contribution in [0.15, 0.2) is 0 Å². The third-order valence-corrected chi connectivity index (χ3v) is 14.8. The highest BCUT2D eigenvalue weighted by atomic mass is 16.7. The predicted octanol–water partition coefficient (Wildman–Crippen LogP) is 2.62. The molecule has 10 unspecified atom stereocenters. The lowest BCUT2D eigenvalue weighted by molar-refractivity contribution is -0.303. The fourth-order valence-corrected chi connectivity index (χ4v) is 12.8. The monoisotopic (exact) mass is 564 g/mol. The maximum atomic E-state index is 12.1. The summed E-state index contributed by atoms with van der Waals surface area (Å²) in [5.74, 6) is 1.66. The summed E-state index contributed by atoms with van der Waals surface area (Å²) in [6, 6.07) is 0. The Kier molecular flexibility index (Phi) is 6.31. The van der Waals surface area contributed by atoms with Gasteiger partial charge in [-0.3, -0.25) is 0 Å². The third kappa shape index (κ3) is 3.26. The zero-order valence-corrected chi connectivity index (χ0v) is 25.0. The minimum atomic E-state index is -1.27. The van der Waals surface area contributed by atoms with Gasteiger partial charge in [0.2, 0.25) is 0 Å². The van der Waals surface area contributed by atoms with Gasteiger partial charge in [-0.2, -0.15) is 0 Å². The molecular formula is C32H52O8. The summed E-state index contributed by atoms with van der Waals surface area (Å²) in [6.07, 6.45) is 2.99. The molecule has 0 aromatic heterocycles. The van der Waals surface area contributed by atoms with E-state index >= 15 is 0 Å². The molecule has 5 N–H and O–H groups in total. The van der Waals surface area contributed by atoms with Gasteiger partial charge in [-0.1, -0.05) is 34.6 Å². The number of hydrogen-bond acceptors (Lipinski definition) is 8. The number of ether oxygens (including phenoxy) is 3. The Morgan fingerprint density at radius 3 is 2.30 bits per heavy atom. The van der Waals surface area contributed by atoms with Crippen LogP contribution in [0.3, 0.4) is 0 Å². The SMILES string of the molecule is C[C@@H]1CC(CO)OC2[C@H]1C1(C)CCC34CC35CCC(OC3OC[C@@H](O)C(O)[C@H]3O)C(C)(C)[C@@H]5CCC4C1(C)[C@H]2O. The average Bonchev–Trinajstić information content (AvgIpc) is 3.55.